The molecule has 3 rings (SSSR count). The van der Waals surface area contributed by atoms with Crippen molar-refractivity contribution in [2.45, 2.75) is 6.42 Å². The number of rotatable bonds is 0. The summed E-state index contributed by atoms with van der Waals surface area (Å²) in [7, 11) is 0. The van der Waals surface area contributed by atoms with Crippen LogP contribution in [0.3, 0.4) is 0 Å². The first-order valence-electron chi connectivity index (χ1n) is 5.47. The SMILES string of the molecule is O=C1C2=C(SCCCS2)C(=O)c2ccccc21. The molecule has 1 aliphatic heterocycles. The number of hydrogen-bond donors (Lipinski definition) is 0. The predicted molar refractivity (Wildman–Crippen MR) is 71.7 cm³/mol. The van der Waals surface area contributed by atoms with Gasteiger partial charge in [0.2, 0.25) is 11.6 Å². The third-order valence-electron chi connectivity index (χ3n) is 2.82. The fraction of sp³-hybridized carbons (Fsp3) is 0.231. The summed E-state index contributed by atoms with van der Waals surface area (Å²) in [5.41, 5.74) is 1.12. The van der Waals surface area contributed by atoms with E-state index in [1.807, 2.05) is 12.1 Å². The average molecular weight is 262 g/mol. The van der Waals surface area contributed by atoms with Crippen LogP contribution < -0.4 is 0 Å². The summed E-state index contributed by atoms with van der Waals surface area (Å²) in [5.74, 6) is 1.89. The van der Waals surface area contributed by atoms with Gasteiger partial charge in [-0.05, 0) is 17.9 Å². The van der Waals surface area contributed by atoms with E-state index >= 15 is 0 Å². The van der Waals surface area contributed by atoms with Gasteiger partial charge in [0.1, 0.15) is 0 Å². The zero-order chi connectivity index (χ0) is 11.8. The van der Waals surface area contributed by atoms with Crippen LogP contribution in [0.5, 0.6) is 0 Å². The highest BCUT2D eigenvalue weighted by atomic mass is 32.2. The Morgan fingerprint density at radius 3 is 1.76 bits per heavy atom. The minimum Gasteiger partial charge on any atom is -0.288 e. The van der Waals surface area contributed by atoms with Gasteiger partial charge >= 0.3 is 0 Å². The van der Waals surface area contributed by atoms with E-state index in [2.05, 4.69) is 0 Å². The minimum atomic E-state index is 0.0228. The topological polar surface area (TPSA) is 34.1 Å². The smallest absolute Gasteiger partial charge is 0.201 e. The Morgan fingerprint density at radius 1 is 0.824 bits per heavy atom. The highest BCUT2D eigenvalue weighted by Gasteiger charge is 2.33. The summed E-state index contributed by atoms with van der Waals surface area (Å²) < 4.78 is 0. The van der Waals surface area contributed by atoms with E-state index in [1.54, 1.807) is 12.1 Å². The number of Topliss-reactive ketones (excluding diaryl/α,β-unsaturated/α-hetero) is 2. The van der Waals surface area contributed by atoms with Crippen LogP contribution in [0.25, 0.3) is 0 Å². The van der Waals surface area contributed by atoms with Crippen molar-refractivity contribution in [1.29, 1.82) is 0 Å². The molecule has 2 aliphatic rings. The monoisotopic (exact) mass is 262 g/mol. The summed E-state index contributed by atoms with van der Waals surface area (Å²) in [6.07, 6.45) is 1.04. The van der Waals surface area contributed by atoms with E-state index in [0.29, 0.717) is 20.9 Å². The van der Waals surface area contributed by atoms with E-state index in [0.717, 1.165) is 17.9 Å². The molecule has 4 heteroatoms. The van der Waals surface area contributed by atoms with Gasteiger partial charge in [-0.1, -0.05) is 24.3 Å². The highest BCUT2D eigenvalue weighted by molar-refractivity contribution is 8.08. The third-order valence-corrected chi connectivity index (χ3v) is 5.29. The fourth-order valence-corrected chi connectivity index (χ4v) is 4.45. The number of allylic oxidation sites excluding steroid dienone is 2. The Hall–Kier alpha value is -1.00. The summed E-state index contributed by atoms with van der Waals surface area (Å²) in [4.78, 5) is 25.9. The predicted octanol–water partition coefficient (Wildman–Crippen LogP) is 3.15. The molecule has 0 spiro atoms. The number of carbonyl (C=O) groups excluding carboxylic acids is 2. The summed E-state index contributed by atoms with van der Waals surface area (Å²) in [5, 5.41) is 0. The van der Waals surface area contributed by atoms with Crippen molar-refractivity contribution in [1.82, 2.24) is 0 Å². The first-order valence-corrected chi connectivity index (χ1v) is 7.44. The van der Waals surface area contributed by atoms with Gasteiger partial charge in [0, 0.05) is 11.1 Å². The van der Waals surface area contributed by atoms with Gasteiger partial charge in [-0.3, -0.25) is 9.59 Å². The second-order valence-electron chi connectivity index (χ2n) is 3.91. The quantitative estimate of drug-likeness (QED) is 0.719. The lowest BCUT2D eigenvalue weighted by atomic mass is 9.94. The van der Waals surface area contributed by atoms with Gasteiger partial charge in [0.05, 0.1) is 9.81 Å². The van der Waals surface area contributed by atoms with Crippen LogP contribution in [0.2, 0.25) is 0 Å². The molecule has 0 N–H and O–H groups in total. The number of benzene rings is 1. The molecule has 0 saturated carbocycles. The lowest BCUT2D eigenvalue weighted by Crippen LogP contribution is -2.19. The molecule has 1 aliphatic carbocycles. The van der Waals surface area contributed by atoms with E-state index < -0.39 is 0 Å². The number of fused-ring (bicyclic) bond motifs is 1. The molecule has 86 valence electrons. The van der Waals surface area contributed by atoms with Crippen LogP contribution in [-0.2, 0) is 0 Å². The molecule has 0 saturated heterocycles. The fourth-order valence-electron chi connectivity index (χ4n) is 2.00. The second kappa shape index (κ2) is 4.35. The lowest BCUT2D eigenvalue weighted by molar-refractivity contribution is 0.0988. The van der Waals surface area contributed by atoms with Crippen LogP contribution in [-0.4, -0.2) is 23.1 Å². The number of carbonyl (C=O) groups is 2. The van der Waals surface area contributed by atoms with E-state index in [1.165, 1.54) is 23.5 Å². The van der Waals surface area contributed by atoms with Gasteiger partial charge in [0.25, 0.3) is 0 Å². The Morgan fingerprint density at radius 2 is 1.29 bits per heavy atom. The molecule has 0 amide bonds. The average Bonchev–Trinajstić information content (AvgIpc) is 2.62. The maximum atomic E-state index is 12.3. The number of ketones is 2. The van der Waals surface area contributed by atoms with Crippen molar-refractivity contribution in [3.63, 3.8) is 0 Å². The Bertz CT molecular complexity index is 499. The van der Waals surface area contributed by atoms with Crippen molar-refractivity contribution in [3.8, 4) is 0 Å². The molecule has 0 atom stereocenters. The largest absolute Gasteiger partial charge is 0.288 e. The van der Waals surface area contributed by atoms with Crippen LogP contribution in [0.4, 0.5) is 0 Å². The number of hydrogen-bond acceptors (Lipinski definition) is 4. The van der Waals surface area contributed by atoms with Gasteiger partial charge in [-0.15, -0.1) is 23.5 Å². The lowest BCUT2D eigenvalue weighted by Gasteiger charge is -2.17. The second-order valence-corrected chi connectivity index (χ2v) is 6.12. The summed E-state index contributed by atoms with van der Waals surface area (Å²) in [6.45, 7) is 0. The molecule has 1 aromatic carbocycles. The minimum absolute atomic E-state index is 0.0228. The van der Waals surface area contributed by atoms with Crippen molar-refractivity contribution in [2.75, 3.05) is 11.5 Å². The Balaban J connectivity index is 2.17. The first-order chi connectivity index (χ1) is 8.29. The Labute approximate surface area is 108 Å². The Kier molecular flexibility index (Phi) is 2.84. The zero-order valence-corrected chi connectivity index (χ0v) is 10.7. The molecule has 1 aromatic rings. The normalized spacial score (nSPS) is 19.8. The highest BCUT2D eigenvalue weighted by Crippen LogP contribution is 2.40. The van der Waals surface area contributed by atoms with E-state index in [-0.39, 0.29) is 11.6 Å². The molecule has 0 radical (unpaired) electrons. The van der Waals surface area contributed by atoms with E-state index in [4.69, 9.17) is 0 Å². The third kappa shape index (κ3) is 1.76. The molecule has 0 bridgehead atoms. The van der Waals surface area contributed by atoms with Crippen molar-refractivity contribution in [2.24, 2.45) is 0 Å². The molecule has 17 heavy (non-hydrogen) atoms. The van der Waals surface area contributed by atoms with Crippen molar-refractivity contribution in [3.05, 3.63) is 45.2 Å². The summed E-state index contributed by atoms with van der Waals surface area (Å²) in [6, 6.07) is 7.11. The molecule has 0 aromatic heterocycles. The molecule has 1 heterocycles. The van der Waals surface area contributed by atoms with Crippen molar-refractivity contribution < 1.29 is 9.59 Å². The molecule has 2 nitrogen and oxygen atoms in total. The van der Waals surface area contributed by atoms with Gasteiger partial charge in [0.15, 0.2) is 0 Å². The van der Waals surface area contributed by atoms with Crippen LogP contribution in [0, 0.1) is 0 Å². The molecular formula is C13H10O2S2. The van der Waals surface area contributed by atoms with Gasteiger partial charge in [-0.2, -0.15) is 0 Å². The number of thioether (sulfide) groups is 2. The van der Waals surface area contributed by atoms with Gasteiger partial charge in [-0.25, -0.2) is 0 Å². The molecule has 0 fully saturated rings. The molecular weight excluding hydrogens is 252 g/mol. The molecule has 0 unspecified atom stereocenters. The van der Waals surface area contributed by atoms with Crippen molar-refractivity contribution >= 4 is 35.1 Å². The zero-order valence-electron chi connectivity index (χ0n) is 9.06. The van der Waals surface area contributed by atoms with Gasteiger partial charge < -0.3 is 0 Å². The maximum absolute atomic E-state index is 12.3. The van der Waals surface area contributed by atoms with Crippen LogP contribution in [0.1, 0.15) is 27.1 Å². The van der Waals surface area contributed by atoms with E-state index in [9.17, 15) is 9.59 Å². The maximum Gasteiger partial charge on any atom is 0.201 e. The first kappa shape index (κ1) is 11.1. The summed E-state index contributed by atoms with van der Waals surface area (Å²) >= 11 is 3.06. The van der Waals surface area contributed by atoms with Crippen LogP contribution >= 0.6 is 23.5 Å². The van der Waals surface area contributed by atoms with Crippen LogP contribution in [0.15, 0.2) is 34.1 Å². The standard InChI is InChI=1S/C13H10O2S2/c14-10-8-4-1-2-5-9(8)11(15)13-12(10)16-6-3-7-17-13/h1-2,4-5H,3,6-7H2.